The minimum atomic E-state index is 0.154. The Morgan fingerprint density at radius 3 is 2.54 bits per heavy atom. The minimum Gasteiger partial charge on any atom is -0.351 e. The molecule has 2 fully saturated rings. The lowest BCUT2D eigenvalue weighted by molar-refractivity contribution is -0.127. The molecule has 1 saturated heterocycles. The van der Waals surface area contributed by atoms with Gasteiger partial charge in [-0.3, -0.25) is 9.69 Å². The number of nitrogens with zero attached hydrogens (tertiary/aromatic N) is 2. The second kappa shape index (κ2) is 8.45. The second-order valence-corrected chi connectivity index (χ2v) is 8.41. The monoisotopic (exact) mass is 349 g/mol. The van der Waals surface area contributed by atoms with Gasteiger partial charge in [-0.1, -0.05) is 25.3 Å². The predicted octanol–water partition coefficient (Wildman–Crippen LogP) is 3.12. The van der Waals surface area contributed by atoms with E-state index >= 15 is 0 Å². The summed E-state index contributed by atoms with van der Waals surface area (Å²) in [5, 5.41) is 5.51. The first-order valence-electron chi connectivity index (χ1n) is 9.41. The maximum atomic E-state index is 12.7. The summed E-state index contributed by atoms with van der Waals surface area (Å²) in [5.41, 5.74) is 0. The van der Waals surface area contributed by atoms with Crippen molar-refractivity contribution in [2.24, 2.45) is 5.92 Å². The van der Waals surface area contributed by atoms with Crippen molar-refractivity contribution in [3.05, 3.63) is 22.4 Å². The lowest BCUT2D eigenvalue weighted by Crippen LogP contribution is -2.52. The largest absolute Gasteiger partial charge is 0.351 e. The smallest absolute Gasteiger partial charge is 0.223 e. The zero-order chi connectivity index (χ0) is 16.9. The van der Waals surface area contributed by atoms with Gasteiger partial charge in [0.05, 0.1) is 6.04 Å². The van der Waals surface area contributed by atoms with Crippen molar-refractivity contribution >= 4 is 17.2 Å². The maximum Gasteiger partial charge on any atom is 0.223 e. The van der Waals surface area contributed by atoms with E-state index in [2.05, 4.69) is 46.6 Å². The number of carbonyl (C=O) groups excluding carboxylic acids is 1. The van der Waals surface area contributed by atoms with Crippen LogP contribution in [0.4, 0.5) is 0 Å². The first kappa shape index (κ1) is 17.9. The number of rotatable bonds is 5. The molecule has 1 saturated carbocycles. The molecule has 1 aliphatic heterocycles. The molecule has 0 radical (unpaired) electrons. The fraction of sp³-hybridized carbons (Fsp3) is 0.737. The SMILES string of the molecule is C[C@H](NC(=O)C1CCCCC1)[C@H](c1cccs1)N1CCN(C)CC1. The van der Waals surface area contributed by atoms with Crippen molar-refractivity contribution in [3.8, 4) is 0 Å². The Morgan fingerprint density at radius 1 is 1.21 bits per heavy atom. The summed E-state index contributed by atoms with van der Waals surface area (Å²) in [4.78, 5) is 19.0. The van der Waals surface area contributed by atoms with E-state index in [1.54, 1.807) is 0 Å². The van der Waals surface area contributed by atoms with Gasteiger partial charge in [-0.15, -0.1) is 11.3 Å². The van der Waals surface area contributed by atoms with Crippen LogP contribution in [-0.4, -0.2) is 55.0 Å². The Labute approximate surface area is 150 Å². The molecule has 0 aromatic carbocycles. The summed E-state index contributed by atoms with van der Waals surface area (Å²) in [5.74, 6) is 0.510. The number of thiophene rings is 1. The summed E-state index contributed by atoms with van der Waals surface area (Å²) < 4.78 is 0. The summed E-state index contributed by atoms with van der Waals surface area (Å²) in [6.07, 6.45) is 5.84. The molecule has 3 rings (SSSR count). The van der Waals surface area contributed by atoms with E-state index in [-0.39, 0.29) is 17.9 Å². The van der Waals surface area contributed by atoms with E-state index in [9.17, 15) is 4.79 Å². The summed E-state index contributed by atoms with van der Waals surface area (Å²) in [7, 11) is 2.19. The summed E-state index contributed by atoms with van der Waals surface area (Å²) in [6, 6.07) is 4.79. The van der Waals surface area contributed by atoms with Gasteiger partial charge in [0.25, 0.3) is 0 Å². The number of hydrogen-bond acceptors (Lipinski definition) is 4. The van der Waals surface area contributed by atoms with Gasteiger partial charge < -0.3 is 10.2 Å². The third kappa shape index (κ3) is 4.38. The number of nitrogens with one attached hydrogen (secondary N) is 1. The third-order valence-electron chi connectivity index (χ3n) is 5.59. The normalized spacial score (nSPS) is 23.8. The van der Waals surface area contributed by atoms with Gasteiger partial charge in [-0.25, -0.2) is 0 Å². The van der Waals surface area contributed by atoms with Crippen LogP contribution >= 0.6 is 11.3 Å². The van der Waals surface area contributed by atoms with Crippen molar-refractivity contribution in [1.29, 1.82) is 0 Å². The van der Waals surface area contributed by atoms with Gasteiger partial charge in [-0.2, -0.15) is 0 Å². The molecule has 0 bridgehead atoms. The van der Waals surface area contributed by atoms with Crippen LogP contribution in [0.1, 0.15) is 49.9 Å². The molecule has 4 nitrogen and oxygen atoms in total. The number of amides is 1. The zero-order valence-electron chi connectivity index (χ0n) is 15.0. The first-order valence-corrected chi connectivity index (χ1v) is 10.3. The van der Waals surface area contributed by atoms with Crippen LogP contribution in [0, 0.1) is 5.92 Å². The Bertz CT molecular complexity index is 505. The lowest BCUT2D eigenvalue weighted by Gasteiger charge is -2.40. The fourth-order valence-corrected chi connectivity index (χ4v) is 5.05. The molecule has 0 spiro atoms. The van der Waals surface area contributed by atoms with Crippen LogP contribution < -0.4 is 5.32 Å². The standard InChI is InChI=1S/C19H31N3OS/c1-15(20-19(23)16-7-4-3-5-8-16)18(17-9-6-14-24-17)22-12-10-21(2)11-13-22/h6,9,14-16,18H,3-5,7-8,10-13H2,1-2H3,(H,20,23)/t15-,18+/m0/s1. The summed E-state index contributed by atoms with van der Waals surface area (Å²) >= 11 is 1.81. The van der Waals surface area contributed by atoms with E-state index in [1.807, 2.05) is 11.3 Å². The first-order chi connectivity index (χ1) is 11.6. The molecular weight excluding hydrogens is 318 g/mol. The topological polar surface area (TPSA) is 35.6 Å². The second-order valence-electron chi connectivity index (χ2n) is 7.43. The van der Waals surface area contributed by atoms with Crippen molar-refractivity contribution in [3.63, 3.8) is 0 Å². The van der Waals surface area contributed by atoms with E-state index in [1.165, 1.54) is 24.1 Å². The van der Waals surface area contributed by atoms with Gasteiger partial charge in [0.2, 0.25) is 5.91 Å². The lowest BCUT2D eigenvalue weighted by atomic mass is 9.88. The molecule has 1 amide bonds. The Kier molecular flexibility index (Phi) is 6.31. The van der Waals surface area contributed by atoms with Crippen molar-refractivity contribution < 1.29 is 4.79 Å². The van der Waals surface area contributed by atoms with Crippen LogP contribution in [0.2, 0.25) is 0 Å². The highest BCUT2D eigenvalue weighted by atomic mass is 32.1. The molecule has 24 heavy (non-hydrogen) atoms. The highest BCUT2D eigenvalue weighted by Gasteiger charge is 2.31. The van der Waals surface area contributed by atoms with Crippen molar-refractivity contribution in [2.45, 2.75) is 51.1 Å². The van der Waals surface area contributed by atoms with Crippen LogP contribution in [0.25, 0.3) is 0 Å². The average molecular weight is 350 g/mol. The predicted molar refractivity (Wildman–Crippen MR) is 100 cm³/mol. The van der Waals surface area contributed by atoms with Crippen molar-refractivity contribution in [2.75, 3.05) is 33.2 Å². The molecule has 134 valence electrons. The molecule has 1 aliphatic carbocycles. The quantitative estimate of drug-likeness (QED) is 0.887. The molecule has 2 atom stereocenters. The molecule has 2 heterocycles. The molecule has 1 aromatic rings. The Balaban J connectivity index is 1.66. The van der Waals surface area contributed by atoms with Crippen molar-refractivity contribution in [1.82, 2.24) is 15.1 Å². The number of hydrogen-bond donors (Lipinski definition) is 1. The van der Waals surface area contributed by atoms with E-state index in [0.717, 1.165) is 39.0 Å². The Hall–Kier alpha value is -0.910. The molecule has 5 heteroatoms. The van der Waals surface area contributed by atoms with Gasteiger partial charge in [0, 0.05) is 43.0 Å². The molecule has 0 unspecified atom stereocenters. The van der Waals surface area contributed by atoms with Crippen LogP contribution in [0.15, 0.2) is 17.5 Å². The van der Waals surface area contributed by atoms with E-state index < -0.39 is 0 Å². The molecule has 1 N–H and O–H groups in total. The fourth-order valence-electron chi connectivity index (χ4n) is 4.09. The Morgan fingerprint density at radius 2 is 1.92 bits per heavy atom. The third-order valence-corrected chi connectivity index (χ3v) is 6.53. The number of piperazine rings is 1. The van der Waals surface area contributed by atoms with Crippen LogP contribution in [0.3, 0.4) is 0 Å². The van der Waals surface area contributed by atoms with Gasteiger partial charge in [0.1, 0.15) is 0 Å². The van der Waals surface area contributed by atoms with Gasteiger partial charge >= 0.3 is 0 Å². The maximum absolute atomic E-state index is 12.7. The van der Waals surface area contributed by atoms with Crippen LogP contribution in [0.5, 0.6) is 0 Å². The molecular formula is C19H31N3OS. The van der Waals surface area contributed by atoms with Crippen LogP contribution in [-0.2, 0) is 4.79 Å². The number of likely N-dealkylation sites (N-methyl/N-ethyl adjacent to an activating group) is 1. The highest BCUT2D eigenvalue weighted by Crippen LogP contribution is 2.30. The average Bonchev–Trinajstić information content (AvgIpc) is 3.11. The van der Waals surface area contributed by atoms with E-state index in [4.69, 9.17) is 0 Å². The van der Waals surface area contributed by atoms with E-state index in [0.29, 0.717) is 6.04 Å². The summed E-state index contributed by atoms with van der Waals surface area (Å²) in [6.45, 7) is 6.53. The molecule has 1 aromatic heterocycles. The highest BCUT2D eigenvalue weighted by molar-refractivity contribution is 7.10. The number of carbonyl (C=O) groups is 1. The van der Waals surface area contributed by atoms with Gasteiger partial charge in [0.15, 0.2) is 0 Å². The zero-order valence-corrected chi connectivity index (χ0v) is 15.9. The van der Waals surface area contributed by atoms with Gasteiger partial charge in [-0.05, 0) is 38.3 Å². The minimum absolute atomic E-state index is 0.154. The molecule has 2 aliphatic rings.